The molecule has 1 atom stereocenters. The summed E-state index contributed by atoms with van der Waals surface area (Å²) in [5.74, 6) is 0.102. The van der Waals surface area contributed by atoms with Crippen LogP contribution in [0.3, 0.4) is 0 Å². The highest BCUT2D eigenvalue weighted by Gasteiger charge is 2.26. The molecule has 0 radical (unpaired) electrons. The summed E-state index contributed by atoms with van der Waals surface area (Å²) in [6, 6.07) is 1.16. The summed E-state index contributed by atoms with van der Waals surface area (Å²) < 4.78 is 25.9. The summed E-state index contributed by atoms with van der Waals surface area (Å²) in [6.45, 7) is 1.52. The third kappa shape index (κ3) is 2.37. The molecule has 0 amide bonds. The van der Waals surface area contributed by atoms with E-state index in [0.29, 0.717) is 5.69 Å². The fourth-order valence-electron chi connectivity index (χ4n) is 1.35. The van der Waals surface area contributed by atoms with Crippen LogP contribution in [0.25, 0.3) is 0 Å². The fourth-order valence-corrected chi connectivity index (χ4v) is 2.43. The Hall–Kier alpha value is -1.67. The smallest absolute Gasteiger partial charge is 0.267 e. The minimum Gasteiger partial charge on any atom is -0.394 e. The molecule has 0 saturated heterocycles. The molecule has 8 heteroatoms. The van der Waals surface area contributed by atoms with E-state index in [1.165, 1.54) is 12.4 Å². The van der Waals surface area contributed by atoms with E-state index < -0.39 is 10.0 Å². The maximum Gasteiger partial charge on any atom is 0.267 e. The quantitative estimate of drug-likeness (QED) is 0.663. The lowest BCUT2D eigenvalue weighted by atomic mass is 10.4. The summed E-state index contributed by atoms with van der Waals surface area (Å²) in [4.78, 5) is 7.83. The summed E-state index contributed by atoms with van der Waals surface area (Å²) in [5.41, 5.74) is 0.419. The van der Waals surface area contributed by atoms with Gasteiger partial charge in [-0.1, -0.05) is 0 Å². The number of guanidine groups is 1. The van der Waals surface area contributed by atoms with Crippen molar-refractivity contribution in [2.75, 3.05) is 11.9 Å². The summed E-state index contributed by atoms with van der Waals surface area (Å²) >= 11 is 0. The van der Waals surface area contributed by atoms with Crippen LogP contribution in [0, 0.1) is 0 Å². The molecule has 0 spiro atoms. The van der Waals surface area contributed by atoms with Crippen LogP contribution in [-0.4, -0.2) is 37.1 Å². The predicted molar refractivity (Wildman–Crippen MR) is 62.2 cm³/mol. The number of nitrogens with zero attached hydrogens (tertiary/aromatic N) is 2. The molecule has 17 heavy (non-hydrogen) atoms. The highest BCUT2D eigenvalue weighted by Crippen LogP contribution is 2.22. The molecule has 0 fully saturated rings. The van der Waals surface area contributed by atoms with E-state index in [2.05, 4.69) is 20.0 Å². The van der Waals surface area contributed by atoms with Crippen molar-refractivity contribution in [3.63, 3.8) is 0 Å². The minimum atomic E-state index is -3.63. The van der Waals surface area contributed by atoms with Crippen molar-refractivity contribution in [1.29, 1.82) is 0 Å². The Bertz CT molecular complexity index is 555. The zero-order valence-electron chi connectivity index (χ0n) is 9.08. The Kier molecular flexibility index (Phi) is 2.99. The first-order valence-electron chi connectivity index (χ1n) is 4.95. The average Bonchev–Trinajstić information content (AvgIpc) is 2.28. The maximum absolute atomic E-state index is 11.8. The topological polar surface area (TPSA) is 104 Å². The van der Waals surface area contributed by atoms with Gasteiger partial charge in [-0.2, -0.15) is 0 Å². The summed E-state index contributed by atoms with van der Waals surface area (Å²) in [7, 11) is -3.63. The van der Waals surface area contributed by atoms with Gasteiger partial charge >= 0.3 is 0 Å². The van der Waals surface area contributed by atoms with Crippen molar-refractivity contribution >= 4 is 21.7 Å². The molecule has 1 unspecified atom stereocenters. The summed E-state index contributed by atoms with van der Waals surface area (Å²) in [6.07, 6.45) is 2.75. The number of sulfonamides is 1. The largest absolute Gasteiger partial charge is 0.394 e. The number of aliphatic imine (C=N–C) groups is 1. The van der Waals surface area contributed by atoms with Crippen molar-refractivity contribution in [1.82, 2.24) is 9.71 Å². The van der Waals surface area contributed by atoms with Crippen molar-refractivity contribution in [3.8, 4) is 0 Å². The number of anilines is 1. The van der Waals surface area contributed by atoms with Crippen LogP contribution < -0.4 is 10.0 Å². The van der Waals surface area contributed by atoms with E-state index in [0.717, 1.165) is 0 Å². The second-order valence-corrected chi connectivity index (χ2v) is 5.26. The molecular formula is C9H12N4O3S. The van der Waals surface area contributed by atoms with Gasteiger partial charge in [0.05, 0.1) is 18.3 Å². The van der Waals surface area contributed by atoms with Crippen molar-refractivity contribution in [2.45, 2.75) is 17.9 Å². The van der Waals surface area contributed by atoms with E-state index in [1.807, 2.05) is 0 Å². The van der Waals surface area contributed by atoms with Crippen LogP contribution in [-0.2, 0) is 10.0 Å². The number of aliphatic hydroxyl groups excluding tert-OH is 1. The van der Waals surface area contributed by atoms with Gasteiger partial charge < -0.3 is 10.4 Å². The van der Waals surface area contributed by atoms with Gasteiger partial charge in [-0.15, -0.1) is 0 Å². The molecule has 3 N–H and O–H groups in total. The van der Waals surface area contributed by atoms with E-state index in [-0.39, 0.29) is 23.5 Å². The molecule has 0 bridgehead atoms. The number of nitrogens with one attached hydrogen (secondary N) is 2. The number of hydrogen-bond donors (Lipinski definition) is 3. The van der Waals surface area contributed by atoms with Crippen molar-refractivity contribution < 1.29 is 13.5 Å². The normalized spacial score (nSPS) is 21.2. The molecule has 1 aromatic heterocycles. The Balaban J connectivity index is 2.42. The van der Waals surface area contributed by atoms with Gasteiger partial charge in [0.1, 0.15) is 4.90 Å². The van der Waals surface area contributed by atoms with E-state index in [4.69, 9.17) is 5.11 Å². The number of aliphatic hydroxyl groups is 1. The van der Waals surface area contributed by atoms with Gasteiger partial charge in [0.15, 0.2) is 0 Å². The highest BCUT2D eigenvalue weighted by molar-refractivity contribution is 7.90. The zero-order chi connectivity index (χ0) is 12.5. The third-order valence-corrected chi connectivity index (χ3v) is 3.54. The fraction of sp³-hybridized carbons (Fsp3) is 0.333. The van der Waals surface area contributed by atoms with Crippen LogP contribution in [0.4, 0.5) is 5.69 Å². The van der Waals surface area contributed by atoms with Crippen LogP contribution in [0.5, 0.6) is 0 Å². The maximum atomic E-state index is 11.8. The van der Waals surface area contributed by atoms with Gasteiger partial charge in [-0.05, 0) is 13.0 Å². The van der Waals surface area contributed by atoms with Crippen LogP contribution in [0.2, 0.25) is 0 Å². The lowest BCUT2D eigenvalue weighted by molar-refractivity contribution is 0.274. The molecule has 92 valence electrons. The molecule has 7 nitrogen and oxygen atoms in total. The molecular weight excluding hydrogens is 244 g/mol. The van der Waals surface area contributed by atoms with Crippen LogP contribution >= 0.6 is 0 Å². The molecule has 0 saturated carbocycles. The first-order valence-corrected chi connectivity index (χ1v) is 6.44. The second kappa shape index (κ2) is 4.30. The SMILES string of the molecule is CC(CO)N=C1Nc2ccncc2S(=O)(=O)N1. The predicted octanol–water partition coefficient (Wildman–Crippen LogP) is -0.478. The van der Waals surface area contributed by atoms with E-state index in [9.17, 15) is 8.42 Å². The standard InChI is InChI=1S/C9H12N4O3S/c1-6(5-14)11-9-12-7-2-3-10-4-8(7)17(15,16)13-9/h2-4,6,14H,5H2,1H3,(H2,11,12,13). The molecule has 2 heterocycles. The Labute approximate surface area is 98.7 Å². The number of fused-ring (bicyclic) bond motifs is 1. The highest BCUT2D eigenvalue weighted by atomic mass is 32.2. The first-order chi connectivity index (χ1) is 8.03. The monoisotopic (exact) mass is 256 g/mol. The second-order valence-electron chi connectivity index (χ2n) is 3.61. The average molecular weight is 256 g/mol. The Morgan fingerprint density at radius 2 is 2.35 bits per heavy atom. The van der Waals surface area contributed by atoms with Gasteiger partial charge in [0.25, 0.3) is 10.0 Å². The van der Waals surface area contributed by atoms with Gasteiger partial charge in [-0.3, -0.25) is 4.98 Å². The minimum absolute atomic E-state index is 0.0793. The van der Waals surface area contributed by atoms with E-state index in [1.54, 1.807) is 13.0 Å². The molecule has 0 aromatic carbocycles. The molecule has 1 aliphatic heterocycles. The Morgan fingerprint density at radius 1 is 1.59 bits per heavy atom. The zero-order valence-corrected chi connectivity index (χ0v) is 9.90. The number of hydrogen-bond acceptors (Lipinski definition) is 5. The van der Waals surface area contributed by atoms with Gasteiger partial charge in [0.2, 0.25) is 5.96 Å². The van der Waals surface area contributed by atoms with Crippen molar-refractivity contribution in [2.24, 2.45) is 4.99 Å². The molecule has 0 aliphatic carbocycles. The molecule has 1 aliphatic rings. The lowest BCUT2D eigenvalue weighted by Crippen LogP contribution is -2.41. The first kappa shape index (κ1) is 11.8. The number of rotatable bonds is 2. The molecule has 1 aromatic rings. The van der Waals surface area contributed by atoms with Gasteiger partial charge in [-0.25, -0.2) is 18.1 Å². The van der Waals surface area contributed by atoms with Crippen LogP contribution in [0.15, 0.2) is 28.3 Å². The van der Waals surface area contributed by atoms with E-state index >= 15 is 0 Å². The summed E-state index contributed by atoms with van der Waals surface area (Å²) in [5, 5.41) is 11.7. The third-order valence-electron chi connectivity index (χ3n) is 2.17. The lowest BCUT2D eigenvalue weighted by Gasteiger charge is -2.21. The van der Waals surface area contributed by atoms with Gasteiger partial charge in [0, 0.05) is 12.4 Å². The van der Waals surface area contributed by atoms with Crippen molar-refractivity contribution in [3.05, 3.63) is 18.5 Å². The number of pyridine rings is 1. The number of aromatic nitrogens is 1. The van der Waals surface area contributed by atoms with Crippen LogP contribution in [0.1, 0.15) is 6.92 Å². The Morgan fingerprint density at radius 3 is 3.06 bits per heavy atom. The molecule has 2 rings (SSSR count).